The Balaban J connectivity index is 1.26. The van der Waals surface area contributed by atoms with E-state index < -0.39 is 29.6 Å². The van der Waals surface area contributed by atoms with E-state index in [2.05, 4.69) is 10.6 Å². The summed E-state index contributed by atoms with van der Waals surface area (Å²) in [6.07, 6.45) is 9.31. The van der Waals surface area contributed by atoms with Crippen LogP contribution >= 0.6 is 0 Å². The molecule has 7 heteroatoms. The number of ether oxygens (including phenoxy) is 1. The van der Waals surface area contributed by atoms with E-state index in [1.165, 1.54) is 0 Å². The first-order valence-electron chi connectivity index (χ1n) is 11.9. The first-order valence-corrected chi connectivity index (χ1v) is 11.9. The van der Waals surface area contributed by atoms with Crippen LogP contribution in [0, 0.1) is 11.8 Å². The van der Waals surface area contributed by atoms with Crippen molar-refractivity contribution in [3.63, 3.8) is 0 Å². The van der Waals surface area contributed by atoms with Gasteiger partial charge in [0.2, 0.25) is 17.7 Å². The second-order valence-corrected chi connectivity index (χ2v) is 9.87. The fourth-order valence-corrected chi connectivity index (χ4v) is 6.21. The lowest BCUT2D eigenvalue weighted by molar-refractivity contribution is -0.142. The van der Waals surface area contributed by atoms with Gasteiger partial charge in [0, 0.05) is 18.6 Å². The van der Waals surface area contributed by atoms with E-state index >= 15 is 0 Å². The minimum absolute atomic E-state index is 0.0749. The Labute approximate surface area is 187 Å². The quantitative estimate of drug-likeness (QED) is 0.666. The zero-order valence-electron chi connectivity index (χ0n) is 18.0. The van der Waals surface area contributed by atoms with Gasteiger partial charge in [-0.05, 0) is 31.2 Å². The highest BCUT2D eigenvalue weighted by Gasteiger charge is 2.74. The summed E-state index contributed by atoms with van der Waals surface area (Å²) in [5.74, 6) is -1.67. The van der Waals surface area contributed by atoms with Gasteiger partial charge < -0.3 is 20.3 Å². The van der Waals surface area contributed by atoms with E-state index in [1.54, 1.807) is 4.90 Å². The highest BCUT2D eigenvalue weighted by molar-refractivity contribution is 6.00. The highest BCUT2D eigenvalue weighted by atomic mass is 16.5. The Bertz CT molecular complexity index is 969. The molecular formula is C25H29N3O4. The van der Waals surface area contributed by atoms with E-state index in [0.29, 0.717) is 6.54 Å². The number of hydrogen-bond acceptors (Lipinski definition) is 4. The van der Waals surface area contributed by atoms with Crippen molar-refractivity contribution >= 4 is 17.7 Å². The standard InChI is InChI=1S/C25H29N3O4/c29-22(26-14-15-6-2-1-3-7-15)19-18-12-13-25(32-18)20(19)24(31)28(17-10-11-17)21(25)23(30)27-16-8-4-5-9-16/h1-3,6-7,12-13,16-21H,4-5,8-11,14H2,(H,26,29)(H,27,30). The molecule has 2 aliphatic carbocycles. The fraction of sp³-hybridized carbons (Fsp3) is 0.560. The van der Waals surface area contributed by atoms with Crippen molar-refractivity contribution in [1.29, 1.82) is 0 Å². The van der Waals surface area contributed by atoms with Gasteiger partial charge in [-0.15, -0.1) is 0 Å². The number of rotatable bonds is 6. The number of fused-ring (bicyclic) bond motifs is 1. The number of nitrogens with one attached hydrogen (secondary N) is 2. The van der Waals surface area contributed by atoms with Gasteiger partial charge in [-0.1, -0.05) is 55.3 Å². The SMILES string of the molecule is O=C(NCc1ccccc1)C1C2C=CC3(O2)C1C(=O)N(C1CC1)C3C(=O)NC1CCCC1. The van der Waals surface area contributed by atoms with E-state index in [9.17, 15) is 14.4 Å². The van der Waals surface area contributed by atoms with Crippen LogP contribution in [-0.2, 0) is 25.7 Å². The van der Waals surface area contributed by atoms with Crippen LogP contribution < -0.4 is 10.6 Å². The first-order chi connectivity index (χ1) is 15.6. The molecule has 5 atom stereocenters. The molecule has 0 radical (unpaired) electrons. The maximum atomic E-state index is 13.6. The Morgan fingerprint density at radius 3 is 2.53 bits per heavy atom. The molecule has 2 bridgehead atoms. The fourth-order valence-electron chi connectivity index (χ4n) is 6.21. The molecule has 3 aliphatic heterocycles. The van der Waals surface area contributed by atoms with Gasteiger partial charge in [0.1, 0.15) is 11.6 Å². The Kier molecular flexibility index (Phi) is 4.64. The number of amides is 3. The molecule has 1 aromatic carbocycles. The molecule has 5 unspecified atom stereocenters. The van der Waals surface area contributed by atoms with Gasteiger partial charge in [-0.3, -0.25) is 14.4 Å². The molecular weight excluding hydrogens is 406 g/mol. The van der Waals surface area contributed by atoms with Crippen molar-refractivity contribution < 1.29 is 19.1 Å². The van der Waals surface area contributed by atoms with Crippen molar-refractivity contribution in [2.75, 3.05) is 0 Å². The van der Waals surface area contributed by atoms with Crippen molar-refractivity contribution in [2.45, 2.75) is 74.9 Å². The summed E-state index contributed by atoms with van der Waals surface area (Å²) in [7, 11) is 0. The molecule has 168 valence electrons. The van der Waals surface area contributed by atoms with Crippen LogP contribution in [0.25, 0.3) is 0 Å². The van der Waals surface area contributed by atoms with E-state index in [1.807, 2.05) is 42.5 Å². The van der Waals surface area contributed by atoms with Crippen LogP contribution in [0.5, 0.6) is 0 Å². The minimum Gasteiger partial charge on any atom is -0.359 e. The van der Waals surface area contributed by atoms with Crippen molar-refractivity contribution in [3.8, 4) is 0 Å². The van der Waals surface area contributed by atoms with Crippen LogP contribution in [0.1, 0.15) is 44.1 Å². The van der Waals surface area contributed by atoms with Crippen molar-refractivity contribution in [1.82, 2.24) is 15.5 Å². The van der Waals surface area contributed by atoms with Gasteiger partial charge in [-0.25, -0.2) is 0 Å². The zero-order chi connectivity index (χ0) is 21.9. The minimum atomic E-state index is -1.04. The van der Waals surface area contributed by atoms with Crippen molar-refractivity contribution in [3.05, 3.63) is 48.0 Å². The second-order valence-electron chi connectivity index (χ2n) is 9.87. The molecule has 32 heavy (non-hydrogen) atoms. The summed E-state index contributed by atoms with van der Waals surface area (Å²) < 4.78 is 6.35. The lowest BCUT2D eigenvalue weighted by Crippen LogP contribution is -2.56. The van der Waals surface area contributed by atoms with Gasteiger partial charge >= 0.3 is 0 Å². The molecule has 1 spiro atoms. The summed E-state index contributed by atoms with van der Waals surface area (Å²) in [5, 5.41) is 6.18. The van der Waals surface area contributed by atoms with Crippen LogP contribution in [0.3, 0.4) is 0 Å². The molecule has 3 heterocycles. The average Bonchev–Trinajstić information content (AvgIpc) is 3.13. The number of benzene rings is 1. The second kappa shape index (κ2) is 7.44. The topological polar surface area (TPSA) is 87.7 Å². The molecule has 0 aromatic heterocycles. The van der Waals surface area contributed by atoms with Crippen LogP contribution in [0.4, 0.5) is 0 Å². The van der Waals surface area contributed by atoms with Gasteiger partial charge in [0.25, 0.3) is 0 Å². The van der Waals surface area contributed by atoms with E-state index in [4.69, 9.17) is 4.74 Å². The lowest BCUT2D eigenvalue weighted by atomic mass is 9.74. The predicted molar refractivity (Wildman–Crippen MR) is 116 cm³/mol. The number of nitrogens with zero attached hydrogens (tertiary/aromatic N) is 1. The lowest BCUT2D eigenvalue weighted by Gasteiger charge is -2.33. The van der Waals surface area contributed by atoms with E-state index in [0.717, 1.165) is 44.1 Å². The molecule has 1 aromatic rings. The summed E-state index contributed by atoms with van der Waals surface area (Å²) >= 11 is 0. The molecule has 2 saturated heterocycles. The smallest absolute Gasteiger partial charge is 0.246 e. The van der Waals surface area contributed by atoms with Gasteiger partial charge in [0.15, 0.2) is 0 Å². The van der Waals surface area contributed by atoms with Gasteiger partial charge in [0.05, 0.1) is 17.9 Å². The summed E-state index contributed by atoms with van der Waals surface area (Å²) in [6, 6.07) is 9.26. The number of carbonyl (C=O) groups excluding carboxylic acids is 3. The Hall–Kier alpha value is -2.67. The summed E-state index contributed by atoms with van der Waals surface area (Å²) in [6.45, 7) is 0.401. The zero-order valence-corrected chi connectivity index (χ0v) is 18.0. The average molecular weight is 436 g/mol. The molecule has 5 aliphatic rings. The molecule has 7 nitrogen and oxygen atoms in total. The third-order valence-electron chi connectivity index (χ3n) is 7.81. The third kappa shape index (κ3) is 3.01. The molecule has 2 saturated carbocycles. The van der Waals surface area contributed by atoms with Crippen molar-refractivity contribution in [2.24, 2.45) is 11.8 Å². The Morgan fingerprint density at radius 1 is 1.06 bits per heavy atom. The van der Waals surface area contributed by atoms with E-state index in [-0.39, 0.29) is 29.8 Å². The van der Waals surface area contributed by atoms with Crippen LogP contribution in [0.2, 0.25) is 0 Å². The predicted octanol–water partition coefficient (Wildman–Crippen LogP) is 1.67. The molecule has 6 rings (SSSR count). The largest absolute Gasteiger partial charge is 0.359 e. The summed E-state index contributed by atoms with van der Waals surface area (Å²) in [4.78, 5) is 42.1. The van der Waals surface area contributed by atoms with Crippen LogP contribution in [0.15, 0.2) is 42.5 Å². The maximum absolute atomic E-state index is 13.6. The number of carbonyl (C=O) groups is 3. The highest BCUT2D eigenvalue weighted by Crippen LogP contribution is 2.57. The summed E-state index contributed by atoms with van der Waals surface area (Å²) in [5.41, 5.74) is -0.0386. The molecule has 4 fully saturated rings. The monoisotopic (exact) mass is 435 g/mol. The number of hydrogen-bond donors (Lipinski definition) is 2. The first kappa shape index (κ1) is 20.0. The normalized spacial score (nSPS) is 35.4. The van der Waals surface area contributed by atoms with Gasteiger partial charge in [-0.2, -0.15) is 0 Å². The molecule has 2 N–H and O–H groups in total. The third-order valence-corrected chi connectivity index (χ3v) is 7.81. The molecule has 3 amide bonds. The number of likely N-dealkylation sites (tertiary alicyclic amines) is 1. The van der Waals surface area contributed by atoms with Crippen LogP contribution in [-0.4, -0.2) is 52.5 Å². The maximum Gasteiger partial charge on any atom is 0.246 e. The Morgan fingerprint density at radius 2 is 1.81 bits per heavy atom.